The smallest absolute Gasteiger partial charge is 0.243 e. The lowest BCUT2D eigenvalue weighted by atomic mass is 10.2. The van der Waals surface area contributed by atoms with Crippen molar-refractivity contribution in [3.05, 3.63) is 42.7 Å². The van der Waals surface area contributed by atoms with Crippen molar-refractivity contribution in [1.82, 2.24) is 24.9 Å². The molecule has 8 heteroatoms. The SMILES string of the molecule is O=S(=O)(NCCN1CCNCC1)c1cnc(-c2ccccc2)nc1. The Bertz CT molecular complexity index is 744. The third-order valence-electron chi connectivity index (χ3n) is 3.90. The molecule has 1 saturated heterocycles. The summed E-state index contributed by atoms with van der Waals surface area (Å²) in [5.74, 6) is 0.510. The number of hydrogen-bond donors (Lipinski definition) is 2. The van der Waals surface area contributed by atoms with Crippen LogP contribution in [0.3, 0.4) is 0 Å². The van der Waals surface area contributed by atoms with E-state index in [1.54, 1.807) is 0 Å². The second kappa shape index (κ2) is 7.80. The van der Waals surface area contributed by atoms with Crippen molar-refractivity contribution in [1.29, 1.82) is 0 Å². The molecule has 0 spiro atoms. The average molecular weight is 347 g/mol. The van der Waals surface area contributed by atoms with E-state index in [-0.39, 0.29) is 4.90 Å². The van der Waals surface area contributed by atoms with Crippen LogP contribution < -0.4 is 10.0 Å². The summed E-state index contributed by atoms with van der Waals surface area (Å²) in [5.41, 5.74) is 0.855. The maximum atomic E-state index is 12.3. The fraction of sp³-hybridized carbons (Fsp3) is 0.375. The molecule has 2 N–H and O–H groups in total. The summed E-state index contributed by atoms with van der Waals surface area (Å²) in [4.78, 5) is 10.6. The summed E-state index contributed by atoms with van der Waals surface area (Å²) in [6.07, 6.45) is 2.70. The minimum Gasteiger partial charge on any atom is -0.314 e. The summed E-state index contributed by atoms with van der Waals surface area (Å²) < 4.78 is 27.2. The summed E-state index contributed by atoms with van der Waals surface area (Å²) in [6.45, 7) is 4.85. The zero-order valence-corrected chi connectivity index (χ0v) is 14.2. The Morgan fingerprint density at radius 3 is 2.42 bits per heavy atom. The van der Waals surface area contributed by atoms with Crippen molar-refractivity contribution in [3.8, 4) is 11.4 Å². The third-order valence-corrected chi connectivity index (χ3v) is 5.32. The number of nitrogens with zero attached hydrogens (tertiary/aromatic N) is 3. The van der Waals surface area contributed by atoms with Crippen LogP contribution in [0.15, 0.2) is 47.6 Å². The molecular weight excluding hydrogens is 326 g/mol. The Labute approximate surface area is 142 Å². The van der Waals surface area contributed by atoms with Crippen LogP contribution in [0.25, 0.3) is 11.4 Å². The van der Waals surface area contributed by atoms with Gasteiger partial charge < -0.3 is 5.32 Å². The number of benzene rings is 1. The minimum absolute atomic E-state index is 0.0856. The van der Waals surface area contributed by atoms with Gasteiger partial charge in [-0.05, 0) is 0 Å². The van der Waals surface area contributed by atoms with Gasteiger partial charge in [-0.2, -0.15) is 0 Å². The van der Waals surface area contributed by atoms with Crippen molar-refractivity contribution >= 4 is 10.0 Å². The molecule has 0 amide bonds. The van der Waals surface area contributed by atoms with Gasteiger partial charge in [0, 0.05) is 44.8 Å². The molecule has 1 aliphatic rings. The normalized spacial score (nSPS) is 16.2. The molecule has 0 unspecified atom stereocenters. The number of sulfonamides is 1. The molecule has 0 radical (unpaired) electrons. The van der Waals surface area contributed by atoms with Gasteiger partial charge in [-0.1, -0.05) is 30.3 Å². The van der Waals surface area contributed by atoms with Crippen LogP contribution in [0, 0.1) is 0 Å². The minimum atomic E-state index is -3.58. The Hall–Kier alpha value is -1.87. The van der Waals surface area contributed by atoms with Gasteiger partial charge in [-0.3, -0.25) is 4.90 Å². The first kappa shape index (κ1) is 17.0. The van der Waals surface area contributed by atoms with E-state index < -0.39 is 10.0 Å². The molecule has 3 rings (SSSR count). The molecule has 0 saturated carbocycles. The average Bonchev–Trinajstić information content (AvgIpc) is 2.63. The largest absolute Gasteiger partial charge is 0.314 e. The van der Waals surface area contributed by atoms with E-state index in [9.17, 15) is 8.42 Å². The van der Waals surface area contributed by atoms with Gasteiger partial charge in [0.15, 0.2) is 5.82 Å². The van der Waals surface area contributed by atoms with Crippen molar-refractivity contribution in [2.45, 2.75) is 4.90 Å². The van der Waals surface area contributed by atoms with E-state index >= 15 is 0 Å². The van der Waals surface area contributed by atoms with Gasteiger partial charge in [-0.15, -0.1) is 0 Å². The van der Waals surface area contributed by atoms with Crippen LogP contribution in [0.2, 0.25) is 0 Å². The maximum Gasteiger partial charge on any atom is 0.243 e. The molecule has 1 aliphatic heterocycles. The van der Waals surface area contributed by atoms with Crippen molar-refractivity contribution in [3.63, 3.8) is 0 Å². The van der Waals surface area contributed by atoms with Crippen LogP contribution >= 0.6 is 0 Å². The van der Waals surface area contributed by atoms with Gasteiger partial charge in [0.2, 0.25) is 10.0 Å². The molecule has 7 nitrogen and oxygen atoms in total. The highest BCUT2D eigenvalue weighted by Crippen LogP contribution is 2.14. The van der Waals surface area contributed by atoms with Gasteiger partial charge in [0.05, 0.1) is 12.4 Å². The van der Waals surface area contributed by atoms with E-state index in [1.165, 1.54) is 12.4 Å². The van der Waals surface area contributed by atoms with E-state index in [1.807, 2.05) is 30.3 Å². The predicted molar refractivity (Wildman–Crippen MR) is 92.0 cm³/mol. The van der Waals surface area contributed by atoms with Crippen molar-refractivity contribution in [2.75, 3.05) is 39.3 Å². The van der Waals surface area contributed by atoms with E-state index in [0.29, 0.717) is 18.9 Å². The fourth-order valence-corrected chi connectivity index (χ4v) is 3.46. The second-order valence-electron chi connectivity index (χ2n) is 5.60. The Morgan fingerprint density at radius 2 is 1.75 bits per heavy atom. The summed E-state index contributed by atoms with van der Waals surface area (Å²) >= 11 is 0. The Balaban J connectivity index is 1.60. The Kier molecular flexibility index (Phi) is 5.52. The molecule has 24 heavy (non-hydrogen) atoms. The molecule has 128 valence electrons. The van der Waals surface area contributed by atoms with Crippen LogP contribution in [0.5, 0.6) is 0 Å². The quantitative estimate of drug-likeness (QED) is 0.783. The van der Waals surface area contributed by atoms with E-state index in [4.69, 9.17) is 0 Å². The lowest BCUT2D eigenvalue weighted by Gasteiger charge is -2.27. The van der Waals surface area contributed by atoms with Gasteiger partial charge in [0.25, 0.3) is 0 Å². The maximum absolute atomic E-state index is 12.3. The highest BCUT2D eigenvalue weighted by atomic mass is 32.2. The van der Waals surface area contributed by atoms with Crippen LogP contribution in [0.1, 0.15) is 0 Å². The van der Waals surface area contributed by atoms with Crippen molar-refractivity contribution in [2.24, 2.45) is 0 Å². The summed E-state index contributed by atoms with van der Waals surface area (Å²) in [6, 6.07) is 9.46. The molecule has 0 aliphatic carbocycles. The first-order valence-corrected chi connectivity index (χ1v) is 9.44. The predicted octanol–water partition coefficient (Wildman–Crippen LogP) is 0.327. The molecule has 1 aromatic carbocycles. The molecule has 1 aromatic heterocycles. The standard InChI is InChI=1S/C16H21N5O2S/c22-24(23,20-8-11-21-9-6-17-7-10-21)15-12-18-16(19-13-15)14-4-2-1-3-5-14/h1-5,12-13,17,20H,6-11H2. The molecule has 1 fully saturated rings. The van der Waals surface area contributed by atoms with E-state index in [2.05, 4.69) is 24.9 Å². The van der Waals surface area contributed by atoms with Crippen LogP contribution in [0.4, 0.5) is 0 Å². The highest BCUT2D eigenvalue weighted by Gasteiger charge is 2.16. The first-order chi connectivity index (χ1) is 11.6. The van der Waals surface area contributed by atoms with Gasteiger partial charge in [0.1, 0.15) is 4.90 Å². The molecule has 2 heterocycles. The van der Waals surface area contributed by atoms with Crippen LogP contribution in [-0.4, -0.2) is 62.6 Å². The Morgan fingerprint density at radius 1 is 1.08 bits per heavy atom. The summed E-state index contributed by atoms with van der Waals surface area (Å²) in [7, 11) is -3.58. The molecule has 2 aromatic rings. The number of aromatic nitrogens is 2. The number of hydrogen-bond acceptors (Lipinski definition) is 6. The topological polar surface area (TPSA) is 87.2 Å². The lowest BCUT2D eigenvalue weighted by molar-refractivity contribution is 0.245. The molecular formula is C16H21N5O2S. The number of rotatable bonds is 6. The molecule has 0 atom stereocenters. The number of nitrogens with one attached hydrogen (secondary N) is 2. The van der Waals surface area contributed by atoms with E-state index in [0.717, 1.165) is 31.7 Å². The fourth-order valence-electron chi connectivity index (χ4n) is 2.55. The summed E-state index contributed by atoms with van der Waals surface area (Å²) in [5, 5.41) is 3.27. The van der Waals surface area contributed by atoms with Crippen molar-refractivity contribution < 1.29 is 8.42 Å². The first-order valence-electron chi connectivity index (χ1n) is 7.95. The molecule has 0 bridgehead atoms. The lowest BCUT2D eigenvalue weighted by Crippen LogP contribution is -2.46. The highest BCUT2D eigenvalue weighted by molar-refractivity contribution is 7.89. The number of piperazine rings is 1. The monoisotopic (exact) mass is 347 g/mol. The zero-order valence-electron chi connectivity index (χ0n) is 13.4. The van der Waals surface area contributed by atoms with Gasteiger partial charge >= 0.3 is 0 Å². The zero-order chi connectivity index (χ0) is 16.8. The third kappa shape index (κ3) is 4.35. The van der Waals surface area contributed by atoms with Gasteiger partial charge in [-0.25, -0.2) is 23.1 Å². The van der Waals surface area contributed by atoms with Crippen LogP contribution in [-0.2, 0) is 10.0 Å². The second-order valence-corrected chi connectivity index (χ2v) is 7.36.